The summed E-state index contributed by atoms with van der Waals surface area (Å²) in [5.41, 5.74) is 1.86. The van der Waals surface area contributed by atoms with Crippen LogP contribution < -0.4 is 4.74 Å². The molecule has 8 heteroatoms. The summed E-state index contributed by atoms with van der Waals surface area (Å²) < 4.78 is 29.5. The number of para-hydroxylation sites is 1. The van der Waals surface area contributed by atoms with Crippen molar-refractivity contribution in [2.75, 3.05) is 18.1 Å². The molecule has 3 aliphatic heterocycles. The number of benzene rings is 1. The summed E-state index contributed by atoms with van der Waals surface area (Å²) in [6.45, 7) is 0.388. The van der Waals surface area contributed by atoms with Crippen molar-refractivity contribution in [2.24, 2.45) is 0 Å². The lowest BCUT2D eigenvalue weighted by atomic mass is 10.1. The van der Waals surface area contributed by atoms with Crippen LogP contribution in [-0.2, 0) is 14.6 Å². The van der Waals surface area contributed by atoms with Gasteiger partial charge in [-0.05, 0) is 30.2 Å². The number of hydrogen-bond donors (Lipinski definition) is 0. The highest BCUT2D eigenvalue weighted by Crippen LogP contribution is 2.36. The SMILES string of the molecule is O=C1/C(=C/C2=Cc3ccccc3OC2)SC(=S)N1C1CCS(=O)(=O)C1. The van der Waals surface area contributed by atoms with Gasteiger partial charge in [0.1, 0.15) is 16.7 Å². The minimum absolute atomic E-state index is 0.00803. The van der Waals surface area contributed by atoms with E-state index in [1.54, 1.807) is 6.08 Å². The minimum Gasteiger partial charge on any atom is -0.488 e. The molecule has 1 amide bonds. The van der Waals surface area contributed by atoms with Crippen LogP contribution in [0.15, 0.2) is 40.8 Å². The van der Waals surface area contributed by atoms with Crippen molar-refractivity contribution in [2.45, 2.75) is 12.5 Å². The fourth-order valence-corrected chi connectivity index (χ4v) is 6.27. The molecular weight excluding hydrogens is 378 g/mol. The van der Waals surface area contributed by atoms with Crippen LogP contribution in [0.3, 0.4) is 0 Å². The van der Waals surface area contributed by atoms with E-state index in [1.165, 1.54) is 16.7 Å². The number of carbonyl (C=O) groups is 1. The lowest BCUT2D eigenvalue weighted by Gasteiger charge is -2.21. The van der Waals surface area contributed by atoms with Crippen molar-refractivity contribution in [3.63, 3.8) is 0 Å². The van der Waals surface area contributed by atoms with Crippen molar-refractivity contribution in [1.82, 2.24) is 4.90 Å². The number of hydrogen-bond acceptors (Lipinski definition) is 6. The fraction of sp³-hybridized carbons (Fsp3) is 0.294. The van der Waals surface area contributed by atoms with Crippen molar-refractivity contribution in [1.29, 1.82) is 0 Å². The molecule has 25 heavy (non-hydrogen) atoms. The van der Waals surface area contributed by atoms with Gasteiger partial charge in [0.2, 0.25) is 0 Å². The summed E-state index contributed by atoms with van der Waals surface area (Å²) in [6.07, 6.45) is 4.23. The topological polar surface area (TPSA) is 63.7 Å². The normalized spacial score (nSPS) is 26.6. The highest BCUT2D eigenvalue weighted by atomic mass is 32.2. The number of ether oxygens (including phenoxy) is 1. The molecule has 5 nitrogen and oxygen atoms in total. The number of rotatable bonds is 2. The minimum atomic E-state index is -3.07. The maximum atomic E-state index is 12.7. The largest absolute Gasteiger partial charge is 0.488 e. The molecule has 0 aliphatic carbocycles. The lowest BCUT2D eigenvalue weighted by molar-refractivity contribution is -0.123. The molecule has 0 spiro atoms. The van der Waals surface area contributed by atoms with Crippen LogP contribution in [0.5, 0.6) is 5.75 Å². The van der Waals surface area contributed by atoms with Crippen LogP contribution in [0.1, 0.15) is 12.0 Å². The maximum Gasteiger partial charge on any atom is 0.266 e. The summed E-state index contributed by atoms with van der Waals surface area (Å²) >= 11 is 6.54. The third-order valence-corrected chi connectivity index (χ3v) is 7.45. The van der Waals surface area contributed by atoms with Crippen molar-refractivity contribution >= 4 is 50.1 Å². The number of nitrogens with zero attached hydrogens (tertiary/aromatic N) is 1. The van der Waals surface area contributed by atoms with Crippen molar-refractivity contribution < 1.29 is 17.9 Å². The number of sulfone groups is 1. The van der Waals surface area contributed by atoms with Gasteiger partial charge in [-0.15, -0.1) is 0 Å². The van der Waals surface area contributed by atoms with E-state index < -0.39 is 9.84 Å². The molecule has 1 unspecified atom stereocenters. The van der Waals surface area contributed by atoms with Gasteiger partial charge in [-0.1, -0.05) is 42.2 Å². The van der Waals surface area contributed by atoms with E-state index in [4.69, 9.17) is 17.0 Å². The number of thiocarbonyl (C=S) groups is 1. The molecule has 0 radical (unpaired) electrons. The summed E-state index contributed by atoms with van der Waals surface area (Å²) in [4.78, 5) is 14.7. The monoisotopic (exact) mass is 393 g/mol. The highest BCUT2D eigenvalue weighted by molar-refractivity contribution is 8.26. The first-order chi connectivity index (χ1) is 11.9. The first kappa shape index (κ1) is 16.8. The smallest absolute Gasteiger partial charge is 0.266 e. The Morgan fingerprint density at radius 2 is 2.12 bits per heavy atom. The Labute approximate surface area is 155 Å². The average molecular weight is 394 g/mol. The predicted molar refractivity (Wildman–Crippen MR) is 102 cm³/mol. The summed E-state index contributed by atoms with van der Waals surface area (Å²) in [6, 6.07) is 7.36. The van der Waals surface area contributed by atoms with E-state index >= 15 is 0 Å². The zero-order chi connectivity index (χ0) is 17.6. The van der Waals surface area contributed by atoms with Gasteiger partial charge >= 0.3 is 0 Å². The Morgan fingerprint density at radius 3 is 2.88 bits per heavy atom. The molecule has 4 rings (SSSR count). The number of thioether (sulfide) groups is 1. The molecule has 0 saturated carbocycles. The van der Waals surface area contributed by atoms with E-state index in [-0.39, 0.29) is 23.5 Å². The fourth-order valence-electron chi connectivity index (χ4n) is 3.16. The maximum absolute atomic E-state index is 12.7. The first-order valence-corrected chi connectivity index (χ1v) is 10.9. The molecule has 0 bridgehead atoms. The summed E-state index contributed by atoms with van der Waals surface area (Å²) in [5, 5.41) is 0. The van der Waals surface area contributed by atoms with Crippen LogP contribution in [0.25, 0.3) is 6.08 Å². The first-order valence-electron chi connectivity index (χ1n) is 7.83. The zero-order valence-corrected chi connectivity index (χ0v) is 15.6. The molecule has 3 heterocycles. The van der Waals surface area contributed by atoms with E-state index in [1.807, 2.05) is 30.3 Å². The second-order valence-corrected chi connectivity index (χ2v) is 10.1. The molecule has 2 saturated heterocycles. The van der Waals surface area contributed by atoms with E-state index in [9.17, 15) is 13.2 Å². The standard InChI is InChI=1S/C17H15NO4S3/c19-16-15(8-11-7-12-3-1-2-4-14(12)22-9-11)24-17(23)18(16)13-5-6-25(20,21)10-13/h1-4,7-8,13H,5-6,9-10H2/b15-8-. The van der Waals surface area contributed by atoms with Crippen LogP contribution in [0.2, 0.25) is 0 Å². The zero-order valence-electron chi connectivity index (χ0n) is 13.2. The predicted octanol–water partition coefficient (Wildman–Crippen LogP) is 2.39. The summed E-state index contributed by atoms with van der Waals surface area (Å²) in [7, 11) is -3.07. The van der Waals surface area contributed by atoms with Gasteiger partial charge in [0, 0.05) is 5.56 Å². The lowest BCUT2D eigenvalue weighted by Crippen LogP contribution is -2.39. The third kappa shape index (κ3) is 3.26. The van der Waals surface area contributed by atoms with Gasteiger partial charge in [-0.2, -0.15) is 0 Å². The molecule has 2 fully saturated rings. The Kier molecular flexibility index (Phi) is 4.21. The van der Waals surface area contributed by atoms with Gasteiger partial charge < -0.3 is 4.74 Å². The van der Waals surface area contributed by atoms with E-state index in [0.29, 0.717) is 22.3 Å². The molecule has 0 aromatic heterocycles. The summed E-state index contributed by atoms with van der Waals surface area (Å²) in [5.74, 6) is 0.718. The van der Waals surface area contributed by atoms with Gasteiger partial charge in [0.05, 0.1) is 22.5 Å². The van der Waals surface area contributed by atoms with Crippen LogP contribution in [0, 0.1) is 0 Å². The van der Waals surface area contributed by atoms with Crippen molar-refractivity contribution in [3.05, 3.63) is 46.4 Å². The van der Waals surface area contributed by atoms with Crippen LogP contribution in [0.4, 0.5) is 0 Å². The molecular formula is C17H15NO4S3. The number of amides is 1. The molecule has 1 atom stereocenters. The Bertz CT molecular complexity index is 933. The Morgan fingerprint density at radius 1 is 1.32 bits per heavy atom. The Balaban J connectivity index is 1.58. The molecule has 3 aliphatic rings. The number of carbonyl (C=O) groups excluding carboxylic acids is 1. The second kappa shape index (κ2) is 6.26. The number of fused-ring (bicyclic) bond motifs is 1. The third-order valence-electron chi connectivity index (χ3n) is 4.37. The second-order valence-electron chi connectivity index (χ2n) is 6.15. The molecule has 1 aromatic rings. The Hall–Kier alpha value is -1.64. The van der Waals surface area contributed by atoms with Gasteiger partial charge in [0.15, 0.2) is 9.84 Å². The quantitative estimate of drug-likeness (QED) is 0.568. The van der Waals surface area contributed by atoms with Gasteiger partial charge in [-0.25, -0.2) is 8.42 Å². The van der Waals surface area contributed by atoms with Gasteiger partial charge in [0.25, 0.3) is 5.91 Å². The molecule has 130 valence electrons. The van der Waals surface area contributed by atoms with Gasteiger partial charge in [-0.3, -0.25) is 9.69 Å². The van der Waals surface area contributed by atoms with Crippen molar-refractivity contribution in [3.8, 4) is 5.75 Å². The molecule has 1 aromatic carbocycles. The van der Waals surface area contributed by atoms with E-state index in [2.05, 4.69) is 0 Å². The van der Waals surface area contributed by atoms with Crippen LogP contribution >= 0.6 is 24.0 Å². The highest BCUT2D eigenvalue weighted by Gasteiger charge is 2.42. The van der Waals surface area contributed by atoms with E-state index in [0.717, 1.165) is 16.9 Å². The molecule has 0 N–H and O–H groups in total. The average Bonchev–Trinajstić information content (AvgIpc) is 3.06. The van der Waals surface area contributed by atoms with Crippen LogP contribution in [-0.4, -0.2) is 47.7 Å².